The zero-order valence-corrected chi connectivity index (χ0v) is 7.07. The molecule has 0 spiro atoms. The van der Waals surface area contributed by atoms with Crippen LogP contribution in [0.3, 0.4) is 0 Å². The van der Waals surface area contributed by atoms with Gasteiger partial charge in [0.25, 0.3) is 0 Å². The van der Waals surface area contributed by atoms with Crippen molar-refractivity contribution in [3.63, 3.8) is 0 Å². The first-order chi connectivity index (χ1) is 5.77. The van der Waals surface area contributed by atoms with E-state index < -0.39 is 5.97 Å². The molecule has 0 fully saturated rings. The highest BCUT2D eigenvalue weighted by Gasteiger charge is 1.92. The number of allylic oxidation sites excluding steroid dienone is 5. The first-order valence-corrected chi connectivity index (χ1v) is 3.93. The van der Waals surface area contributed by atoms with Crippen molar-refractivity contribution in [2.75, 3.05) is 0 Å². The predicted molar refractivity (Wildman–Crippen MR) is 50.0 cm³/mol. The fourth-order valence-electron chi connectivity index (χ4n) is 0.689. The molecule has 2 nitrogen and oxygen atoms in total. The molecular weight excluding hydrogens is 152 g/mol. The van der Waals surface area contributed by atoms with Gasteiger partial charge in [-0.3, -0.25) is 4.79 Å². The van der Waals surface area contributed by atoms with E-state index in [-0.39, 0.29) is 6.42 Å². The number of hydrogen-bond donors (Lipinski definition) is 1. The minimum Gasteiger partial charge on any atom is -0.481 e. The topological polar surface area (TPSA) is 37.3 Å². The molecule has 0 radical (unpaired) electrons. The Labute approximate surface area is 72.9 Å². The van der Waals surface area contributed by atoms with Gasteiger partial charge >= 0.3 is 5.97 Å². The molecule has 0 aromatic carbocycles. The molecular formula is C10H14O2. The summed E-state index contributed by atoms with van der Waals surface area (Å²) in [4.78, 5) is 10.1. The van der Waals surface area contributed by atoms with Crippen LogP contribution in [0.4, 0.5) is 0 Å². The van der Waals surface area contributed by atoms with Gasteiger partial charge in [-0.15, -0.1) is 0 Å². The third-order valence-corrected chi connectivity index (χ3v) is 1.26. The largest absolute Gasteiger partial charge is 0.481 e. The Morgan fingerprint density at radius 3 is 2.67 bits per heavy atom. The molecule has 0 atom stereocenters. The van der Waals surface area contributed by atoms with Crippen LogP contribution in [0.5, 0.6) is 0 Å². The van der Waals surface area contributed by atoms with E-state index in [0.29, 0.717) is 6.42 Å². The van der Waals surface area contributed by atoms with Gasteiger partial charge in [0, 0.05) is 6.42 Å². The van der Waals surface area contributed by atoms with E-state index in [4.69, 9.17) is 5.11 Å². The second-order valence-corrected chi connectivity index (χ2v) is 2.33. The molecule has 0 saturated carbocycles. The first-order valence-electron chi connectivity index (χ1n) is 3.93. The molecule has 0 saturated heterocycles. The molecule has 0 bridgehead atoms. The van der Waals surface area contributed by atoms with Crippen LogP contribution in [0.2, 0.25) is 0 Å². The van der Waals surface area contributed by atoms with Gasteiger partial charge in [-0.05, 0) is 12.8 Å². The van der Waals surface area contributed by atoms with Gasteiger partial charge < -0.3 is 5.11 Å². The second kappa shape index (κ2) is 7.79. The van der Waals surface area contributed by atoms with Gasteiger partial charge in [0.15, 0.2) is 0 Å². The number of hydrogen-bond acceptors (Lipinski definition) is 1. The van der Waals surface area contributed by atoms with E-state index in [0.717, 1.165) is 6.42 Å². The van der Waals surface area contributed by atoms with Crippen LogP contribution >= 0.6 is 0 Å². The van der Waals surface area contributed by atoms with Crippen molar-refractivity contribution in [1.29, 1.82) is 0 Å². The highest BCUT2D eigenvalue weighted by atomic mass is 16.4. The standard InChI is InChI=1S/C10H14O2/c1-2-3-4-5-6-7-8-9-10(11)12/h2-6H,1,7-9H2,(H,11,12). The van der Waals surface area contributed by atoms with Crippen molar-refractivity contribution in [1.82, 2.24) is 0 Å². The second-order valence-electron chi connectivity index (χ2n) is 2.33. The maximum atomic E-state index is 10.1. The normalized spacial score (nSPS) is 11.0. The molecule has 0 aliphatic rings. The van der Waals surface area contributed by atoms with Gasteiger partial charge in [0.2, 0.25) is 0 Å². The van der Waals surface area contributed by atoms with E-state index in [1.165, 1.54) is 0 Å². The number of aliphatic carboxylic acids is 1. The van der Waals surface area contributed by atoms with Crippen molar-refractivity contribution >= 4 is 5.97 Å². The fourth-order valence-corrected chi connectivity index (χ4v) is 0.689. The van der Waals surface area contributed by atoms with Crippen molar-refractivity contribution in [3.8, 4) is 0 Å². The first kappa shape index (κ1) is 10.7. The molecule has 0 aliphatic carbocycles. The Morgan fingerprint density at radius 2 is 2.08 bits per heavy atom. The summed E-state index contributed by atoms with van der Waals surface area (Å²) in [5.74, 6) is -0.731. The summed E-state index contributed by atoms with van der Waals surface area (Å²) >= 11 is 0. The van der Waals surface area contributed by atoms with Gasteiger partial charge in [-0.1, -0.05) is 37.0 Å². The van der Waals surface area contributed by atoms with Gasteiger partial charge in [-0.2, -0.15) is 0 Å². The molecule has 12 heavy (non-hydrogen) atoms. The summed E-state index contributed by atoms with van der Waals surface area (Å²) in [5.41, 5.74) is 0. The molecule has 0 aromatic heterocycles. The van der Waals surface area contributed by atoms with Crippen molar-refractivity contribution in [2.24, 2.45) is 0 Å². The van der Waals surface area contributed by atoms with Gasteiger partial charge in [0.05, 0.1) is 0 Å². The van der Waals surface area contributed by atoms with Crippen LogP contribution in [-0.2, 0) is 4.79 Å². The Balaban J connectivity index is 3.30. The Morgan fingerprint density at radius 1 is 1.33 bits per heavy atom. The highest BCUT2D eigenvalue weighted by molar-refractivity contribution is 5.66. The lowest BCUT2D eigenvalue weighted by Gasteiger charge is -1.88. The maximum Gasteiger partial charge on any atom is 0.303 e. The summed E-state index contributed by atoms with van der Waals surface area (Å²) in [7, 11) is 0. The SMILES string of the molecule is C=CC=CC=CCCCC(=O)O. The van der Waals surface area contributed by atoms with Crippen LogP contribution in [0.15, 0.2) is 37.0 Å². The lowest BCUT2D eigenvalue weighted by atomic mass is 10.2. The summed E-state index contributed by atoms with van der Waals surface area (Å²) < 4.78 is 0. The predicted octanol–water partition coefficient (Wildman–Crippen LogP) is 2.54. The van der Waals surface area contributed by atoms with Crippen molar-refractivity contribution in [3.05, 3.63) is 37.0 Å². The summed E-state index contributed by atoms with van der Waals surface area (Å²) in [5, 5.41) is 8.30. The lowest BCUT2D eigenvalue weighted by molar-refractivity contribution is -0.137. The number of carbonyl (C=O) groups is 1. The fraction of sp³-hybridized carbons (Fsp3) is 0.300. The third kappa shape index (κ3) is 8.69. The average Bonchev–Trinajstić information content (AvgIpc) is 2.02. The molecule has 0 aromatic rings. The quantitative estimate of drug-likeness (QED) is 0.486. The molecule has 0 rings (SSSR count). The lowest BCUT2D eigenvalue weighted by Crippen LogP contribution is -1.92. The van der Waals surface area contributed by atoms with Crippen LogP contribution in [0, 0.1) is 0 Å². The number of carboxylic acids is 1. The molecule has 0 aliphatic heterocycles. The zero-order chi connectivity index (χ0) is 9.23. The summed E-state index contributed by atoms with van der Waals surface area (Å²) in [6.07, 6.45) is 11.0. The van der Waals surface area contributed by atoms with E-state index in [1.54, 1.807) is 6.08 Å². The van der Waals surface area contributed by atoms with Crippen LogP contribution in [-0.4, -0.2) is 11.1 Å². The number of carboxylic acid groups (broad SMARTS) is 1. The molecule has 0 heterocycles. The third-order valence-electron chi connectivity index (χ3n) is 1.26. The van der Waals surface area contributed by atoms with E-state index >= 15 is 0 Å². The van der Waals surface area contributed by atoms with Crippen LogP contribution in [0.25, 0.3) is 0 Å². The minimum absolute atomic E-state index is 0.246. The van der Waals surface area contributed by atoms with E-state index in [1.807, 2.05) is 24.3 Å². The minimum atomic E-state index is -0.731. The van der Waals surface area contributed by atoms with Gasteiger partial charge in [0.1, 0.15) is 0 Å². The Bertz CT molecular complexity index is 190. The molecule has 0 amide bonds. The average molecular weight is 166 g/mol. The number of unbranched alkanes of at least 4 members (excludes halogenated alkanes) is 1. The monoisotopic (exact) mass is 166 g/mol. The molecule has 1 N–H and O–H groups in total. The van der Waals surface area contributed by atoms with Gasteiger partial charge in [-0.25, -0.2) is 0 Å². The number of rotatable bonds is 6. The van der Waals surface area contributed by atoms with Crippen LogP contribution in [0.1, 0.15) is 19.3 Å². The Hall–Kier alpha value is -1.31. The zero-order valence-electron chi connectivity index (χ0n) is 7.07. The van der Waals surface area contributed by atoms with Crippen molar-refractivity contribution < 1.29 is 9.90 Å². The van der Waals surface area contributed by atoms with E-state index in [2.05, 4.69) is 6.58 Å². The highest BCUT2D eigenvalue weighted by Crippen LogP contribution is 1.96. The van der Waals surface area contributed by atoms with Crippen molar-refractivity contribution in [2.45, 2.75) is 19.3 Å². The summed E-state index contributed by atoms with van der Waals surface area (Å²) in [6, 6.07) is 0. The molecule has 66 valence electrons. The summed E-state index contributed by atoms with van der Waals surface area (Å²) in [6.45, 7) is 3.52. The smallest absolute Gasteiger partial charge is 0.303 e. The Kier molecular flexibility index (Phi) is 6.94. The molecule has 2 heteroatoms. The van der Waals surface area contributed by atoms with E-state index in [9.17, 15) is 4.79 Å². The van der Waals surface area contributed by atoms with Crippen LogP contribution < -0.4 is 0 Å². The maximum absolute atomic E-state index is 10.1. The molecule has 0 unspecified atom stereocenters.